The Kier molecular flexibility index (Phi) is 6.50. The van der Waals surface area contributed by atoms with Crippen molar-refractivity contribution in [2.45, 2.75) is 52.1 Å². The quantitative estimate of drug-likeness (QED) is 0.858. The van der Waals surface area contributed by atoms with Gasteiger partial charge in [0.25, 0.3) is 0 Å². The lowest BCUT2D eigenvalue weighted by Crippen LogP contribution is -2.36. The first-order chi connectivity index (χ1) is 11.0. The molecule has 1 fully saturated rings. The topological polar surface area (TPSA) is 75.4 Å². The van der Waals surface area contributed by atoms with Crippen molar-refractivity contribution in [3.63, 3.8) is 0 Å². The van der Waals surface area contributed by atoms with Gasteiger partial charge in [-0.25, -0.2) is 0 Å². The van der Waals surface area contributed by atoms with E-state index >= 15 is 0 Å². The van der Waals surface area contributed by atoms with Gasteiger partial charge in [0.1, 0.15) is 5.76 Å². The van der Waals surface area contributed by atoms with E-state index in [1.165, 1.54) is 0 Å². The number of likely N-dealkylation sites (tertiary alicyclic amines) is 1. The highest BCUT2D eigenvalue weighted by Crippen LogP contribution is 2.19. The molecule has 6 nitrogen and oxygen atoms in total. The normalized spacial score (nSPS) is 18.8. The molecule has 1 atom stereocenters. The predicted octanol–water partition coefficient (Wildman–Crippen LogP) is 2.04. The van der Waals surface area contributed by atoms with Crippen molar-refractivity contribution in [3.8, 4) is 0 Å². The number of nitrogens with zero attached hydrogens (tertiary/aromatic N) is 2. The van der Waals surface area contributed by atoms with Gasteiger partial charge in [-0.1, -0.05) is 5.16 Å². The molecule has 0 bridgehead atoms. The van der Waals surface area contributed by atoms with Crippen molar-refractivity contribution in [3.05, 3.63) is 17.0 Å². The molecule has 1 aromatic rings. The third-order valence-electron chi connectivity index (χ3n) is 4.24. The maximum absolute atomic E-state index is 12.3. The zero-order chi connectivity index (χ0) is 16.8. The van der Waals surface area contributed by atoms with Crippen molar-refractivity contribution in [2.75, 3.05) is 18.6 Å². The summed E-state index contributed by atoms with van der Waals surface area (Å²) in [5, 5.41) is 7.00. The largest absolute Gasteiger partial charge is 0.361 e. The van der Waals surface area contributed by atoms with Crippen molar-refractivity contribution < 1.29 is 14.1 Å². The van der Waals surface area contributed by atoms with Crippen LogP contribution in [0.15, 0.2) is 4.52 Å². The van der Waals surface area contributed by atoms with Crippen molar-refractivity contribution >= 4 is 23.6 Å². The van der Waals surface area contributed by atoms with Crippen LogP contribution >= 0.6 is 11.8 Å². The average molecular weight is 339 g/mol. The van der Waals surface area contributed by atoms with Gasteiger partial charge in [0.15, 0.2) is 0 Å². The molecule has 0 aromatic carbocycles. The number of aryl methyl sites for hydroxylation is 2. The van der Waals surface area contributed by atoms with E-state index in [0.717, 1.165) is 29.2 Å². The first kappa shape index (κ1) is 17.8. The maximum Gasteiger partial charge on any atom is 0.222 e. The van der Waals surface area contributed by atoms with Crippen molar-refractivity contribution in [1.82, 2.24) is 15.4 Å². The minimum atomic E-state index is 0.0796. The van der Waals surface area contributed by atoms with Gasteiger partial charge in [-0.15, -0.1) is 0 Å². The lowest BCUT2D eigenvalue weighted by atomic mass is 10.1. The zero-order valence-corrected chi connectivity index (χ0v) is 14.9. The summed E-state index contributed by atoms with van der Waals surface area (Å²) in [6.45, 7) is 4.94. The summed E-state index contributed by atoms with van der Waals surface area (Å²) in [5.41, 5.74) is 1.82. The number of carbonyl (C=O) groups excluding carboxylic acids is 2. The Labute approximate surface area is 141 Å². The highest BCUT2D eigenvalue weighted by atomic mass is 32.2. The van der Waals surface area contributed by atoms with Gasteiger partial charge >= 0.3 is 0 Å². The molecule has 2 rings (SSSR count). The summed E-state index contributed by atoms with van der Waals surface area (Å²) in [6.07, 6.45) is 4.50. The molecule has 2 amide bonds. The number of amides is 2. The van der Waals surface area contributed by atoms with Crippen molar-refractivity contribution in [1.29, 1.82) is 0 Å². The maximum atomic E-state index is 12.3. The van der Waals surface area contributed by atoms with Crippen LogP contribution in [0.5, 0.6) is 0 Å². The molecule has 0 spiro atoms. The summed E-state index contributed by atoms with van der Waals surface area (Å²) in [7, 11) is 0. The molecule has 0 radical (unpaired) electrons. The van der Waals surface area contributed by atoms with Crippen LogP contribution in [-0.2, 0) is 16.1 Å². The SMILES string of the molecule is CSCCC(=O)NC1CCC(=O)N(Cc2c(C)noc2C)CC1. The van der Waals surface area contributed by atoms with Gasteiger partial charge in [0.05, 0.1) is 12.2 Å². The van der Waals surface area contributed by atoms with Crippen LogP contribution in [-0.4, -0.2) is 46.5 Å². The second-order valence-corrected chi connectivity index (χ2v) is 6.94. The van der Waals surface area contributed by atoms with Gasteiger partial charge < -0.3 is 14.7 Å². The Morgan fingerprint density at radius 1 is 1.43 bits per heavy atom. The van der Waals surface area contributed by atoms with E-state index in [4.69, 9.17) is 4.52 Å². The van der Waals surface area contributed by atoms with Crippen molar-refractivity contribution in [2.24, 2.45) is 0 Å². The summed E-state index contributed by atoms with van der Waals surface area (Å²) in [5.74, 6) is 1.80. The number of hydrogen-bond acceptors (Lipinski definition) is 5. The van der Waals surface area contributed by atoms with E-state index in [-0.39, 0.29) is 17.9 Å². The number of carbonyl (C=O) groups is 2. The van der Waals surface area contributed by atoms with Gasteiger partial charge in [0.2, 0.25) is 11.8 Å². The standard InChI is InChI=1S/C16H25N3O3S/c1-11-14(12(2)22-18-11)10-19-8-6-13(4-5-16(19)21)17-15(20)7-9-23-3/h13H,4-10H2,1-3H3,(H,17,20). The zero-order valence-electron chi connectivity index (χ0n) is 14.1. The van der Waals surface area contributed by atoms with E-state index in [2.05, 4.69) is 10.5 Å². The van der Waals surface area contributed by atoms with Crippen LogP contribution in [0.25, 0.3) is 0 Å². The van der Waals surface area contributed by atoms with Crippen LogP contribution in [0.1, 0.15) is 42.7 Å². The smallest absolute Gasteiger partial charge is 0.222 e. The molecule has 1 aromatic heterocycles. The molecular formula is C16H25N3O3S. The summed E-state index contributed by atoms with van der Waals surface area (Å²) < 4.78 is 5.17. The second kappa shape index (κ2) is 8.38. The molecular weight excluding hydrogens is 314 g/mol. The fourth-order valence-electron chi connectivity index (χ4n) is 2.76. The first-order valence-electron chi connectivity index (χ1n) is 7.99. The lowest BCUT2D eigenvalue weighted by Gasteiger charge is -2.21. The van der Waals surface area contributed by atoms with E-state index in [9.17, 15) is 9.59 Å². The highest BCUT2D eigenvalue weighted by Gasteiger charge is 2.25. The second-order valence-electron chi connectivity index (χ2n) is 5.95. The van der Waals surface area contributed by atoms with E-state index in [0.29, 0.717) is 32.4 Å². The highest BCUT2D eigenvalue weighted by molar-refractivity contribution is 7.98. The third-order valence-corrected chi connectivity index (χ3v) is 4.85. The molecule has 1 aliphatic heterocycles. The van der Waals surface area contributed by atoms with Crippen LogP contribution < -0.4 is 5.32 Å². The number of rotatable bonds is 6. The average Bonchev–Trinajstić information content (AvgIpc) is 2.73. The van der Waals surface area contributed by atoms with Crippen LogP contribution in [0.4, 0.5) is 0 Å². The number of thioether (sulfide) groups is 1. The molecule has 1 saturated heterocycles. The van der Waals surface area contributed by atoms with E-state index in [1.807, 2.05) is 25.0 Å². The van der Waals surface area contributed by atoms with Gasteiger partial charge in [-0.05, 0) is 32.9 Å². The fraction of sp³-hybridized carbons (Fsp3) is 0.688. The molecule has 7 heteroatoms. The summed E-state index contributed by atoms with van der Waals surface area (Å²) >= 11 is 1.66. The number of hydrogen-bond donors (Lipinski definition) is 1. The predicted molar refractivity (Wildman–Crippen MR) is 90.2 cm³/mol. The molecule has 1 N–H and O–H groups in total. The van der Waals surface area contributed by atoms with Gasteiger partial charge in [0, 0.05) is 36.7 Å². The van der Waals surface area contributed by atoms with Gasteiger partial charge in [-0.3, -0.25) is 9.59 Å². The van der Waals surface area contributed by atoms with Crippen LogP contribution in [0.3, 0.4) is 0 Å². The molecule has 23 heavy (non-hydrogen) atoms. The number of aromatic nitrogens is 1. The first-order valence-corrected chi connectivity index (χ1v) is 9.38. The monoisotopic (exact) mass is 339 g/mol. The third kappa shape index (κ3) is 4.99. The van der Waals surface area contributed by atoms with E-state index < -0.39 is 0 Å². The minimum Gasteiger partial charge on any atom is -0.361 e. The molecule has 0 aliphatic carbocycles. The van der Waals surface area contributed by atoms with E-state index in [1.54, 1.807) is 11.8 Å². The molecule has 1 aliphatic rings. The minimum absolute atomic E-state index is 0.0796. The Morgan fingerprint density at radius 2 is 2.22 bits per heavy atom. The lowest BCUT2D eigenvalue weighted by molar-refractivity contribution is -0.131. The molecule has 0 saturated carbocycles. The fourth-order valence-corrected chi connectivity index (χ4v) is 3.15. The Balaban J connectivity index is 1.91. The Bertz CT molecular complexity index is 539. The Morgan fingerprint density at radius 3 is 2.87 bits per heavy atom. The Hall–Kier alpha value is -1.50. The van der Waals surface area contributed by atoms with Gasteiger partial charge in [-0.2, -0.15) is 11.8 Å². The summed E-state index contributed by atoms with van der Waals surface area (Å²) in [6, 6.07) is 0.0861. The molecule has 2 heterocycles. The molecule has 1 unspecified atom stereocenters. The summed E-state index contributed by atoms with van der Waals surface area (Å²) in [4.78, 5) is 26.0. The van der Waals surface area contributed by atoms with Crippen LogP contribution in [0, 0.1) is 13.8 Å². The molecule has 128 valence electrons. The number of nitrogens with one attached hydrogen (secondary N) is 1. The van der Waals surface area contributed by atoms with Crippen LogP contribution in [0.2, 0.25) is 0 Å².